The minimum absolute atomic E-state index is 0.152. The summed E-state index contributed by atoms with van der Waals surface area (Å²) in [6.07, 6.45) is 8.89. The van der Waals surface area contributed by atoms with Gasteiger partial charge in [-0.1, -0.05) is 13.3 Å². The third-order valence-corrected chi connectivity index (χ3v) is 8.26. The maximum atomic E-state index is 13.2. The number of benzene rings is 1. The van der Waals surface area contributed by atoms with Crippen LogP contribution in [0.15, 0.2) is 23.1 Å². The van der Waals surface area contributed by atoms with Crippen LogP contribution in [0.25, 0.3) is 0 Å². The molecule has 1 aliphatic heterocycles. The van der Waals surface area contributed by atoms with Crippen LogP contribution >= 0.6 is 0 Å². The Kier molecular flexibility index (Phi) is 7.22. The molecule has 1 aromatic rings. The zero-order chi connectivity index (χ0) is 21.0. The first-order chi connectivity index (χ1) is 13.8. The van der Waals surface area contributed by atoms with Gasteiger partial charge in [0.2, 0.25) is 10.0 Å². The predicted octanol–water partition coefficient (Wildman–Crippen LogP) is 3.63. The largest absolute Gasteiger partial charge is 0.371 e. The summed E-state index contributed by atoms with van der Waals surface area (Å²) in [6.45, 7) is 4.04. The van der Waals surface area contributed by atoms with Crippen LogP contribution in [0.1, 0.15) is 68.6 Å². The fraction of sp³-hybridized carbons (Fsp3) is 0.682. The summed E-state index contributed by atoms with van der Waals surface area (Å²) in [7, 11) is -0.562. The number of carbonyl (C=O) groups excluding carboxylic acids is 1. The van der Waals surface area contributed by atoms with Crippen molar-refractivity contribution < 1.29 is 13.2 Å². The van der Waals surface area contributed by atoms with Crippen LogP contribution in [-0.2, 0) is 10.0 Å². The van der Waals surface area contributed by atoms with E-state index in [1.54, 1.807) is 12.1 Å². The van der Waals surface area contributed by atoms with Crippen LogP contribution in [0.4, 0.5) is 5.69 Å². The number of sulfonamides is 1. The summed E-state index contributed by atoms with van der Waals surface area (Å²) in [5.74, 6) is 0.613. The van der Waals surface area contributed by atoms with Crippen LogP contribution in [0.3, 0.4) is 0 Å². The van der Waals surface area contributed by atoms with Crippen molar-refractivity contribution in [3.05, 3.63) is 23.8 Å². The lowest BCUT2D eigenvalue weighted by Crippen LogP contribution is -2.39. The van der Waals surface area contributed by atoms with Gasteiger partial charge in [0.05, 0.1) is 10.5 Å². The highest BCUT2D eigenvalue weighted by molar-refractivity contribution is 7.89. The molecule has 0 unspecified atom stereocenters. The molecule has 1 aromatic carbocycles. The van der Waals surface area contributed by atoms with E-state index in [4.69, 9.17) is 0 Å². The highest BCUT2D eigenvalue weighted by Gasteiger charge is 2.26. The number of hydrogen-bond donors (Lipinski definition) is 1. The molecule has 0 spiro atoms. The van der Waals surface area contributed by atoms with E-state index in [0.29, 0.717) is 5.56 Å². The highest BCUT2D eigenvalue weighted by Crippen LogP contribution is 2.30. The maximum Gasteiger partial charge on any atom is 0.253 e. The molecular formula is C22H35N3O3S. The van der Waals surface area contributed by atoms with Crippen molar-refractivity contribution in [3.63, 3.8) is 0 Å². The molecular weight excluding hydrogens is 386 g/mol. The molecule has 0 bridgehead atoms. The minimum atomic E-state index is -3.59. The van der Waals surface area contributed by atoms with Gasteiger partial charge in [-0.05, 0) is 69.1 Å². The second-order valence-corrected chi connectivity index (χ2v) is 10.8. The molecule has 1 saturated carbocycles. The fourth-order valence-electron chi connectivity index (χ4n) is 4.46. The van der Waals surface area contributed by atoms with Crippen molar-refractivity contribution in [2.45, 2.75) is 69.2 Å². The van der Waals surface area contributed by atoms with Crippen molar-refractivity contribution in [2.75, 3.05) is 32.1 Å². The molecule has 0 radical (unpaired) electrons. The average Bonchev–Trinajstić information content (AvgIpc) is 2.74. The molecule has 1 amide bonds. The second kappa shape index (κ2) is 9.47. The lowest BCUT2D eigenvalue weighted by molar-refractivity contribution is 0.0922. The molecule has 7 heteroatoms. The number of anilines is 1. The van der Waals surface area contributed by atoms with Crippen LogP contribution in [0.5, 0.6) is 0 Å². The van der Waals surface area contributed by atoms with Crippen molar-refractivity contribution in [1.29, 1.82) is 0 Å². The third-order valence-electron chi connectivity index (χ3n) is 6.45. The molecule has 2 aliphatic rings. The van der Waals surface area contributed by atoms with Crippen LogP contribution in [-0.4, -0.2) is 51.9 Å². The summed E-state index contributed by atoms with van der Waals surface area (Å²) in [4.78, 5) is 15.6. The number of nitrogens with zero attached hydrogens (tertiary/aromatic N) is 2. The van der Waals surface area contributed by atoms with Gasteiger partial charge in [-0.15, -0.1) is 0 Å². The van der Waals surface area contributed by atoms with Crippen molar-refractivity contribution in [2.24, 2.45) is 5.92 Å². The molecule has 0 aromatic heterocycles. The van der Waals surface area contributed by atoms with E-state index in [-0.39, 0.29) is 16.8 Å². The molecule has 29 heavy (non-hydrogen) atoms. The van der Waals surface area contributed by atoms with E-state index < -0.39 is 10.0 Å². The van der Waals surface area contributed by atoms with Crippen LogP contribution < -0.4 is 10.2 Å². The number of nitrogens with one attached hydrogen (secondary N) is 1. The van der Waals surface area contributed by atoms with Gasteiger partial charge in [0.15, 0.2) is 0 Å². The smallest absolute Gasteiger partial charge is 0.253 e. The number of rotatable bonds is 6. The van der Waals surface area contributed by atoms with Gasteiger partial charge in [-0.3, -0.25) is 4.79 Å². The first-order valence-corrected chi connectivity index (χ1v) is 12.4. The van der Waals surface area contributed by atoms with Crippen LogP contribution in [0.2, 0.25) is 0 Å². The Balaban J connectivity index is 1.87. The van der Waals surface area contributed by atoms with E-state index in [1.807, 2.05) is 6.07 Å². The van der Waals surface area contributed by atoms with Gasteiger partial charge in [0.1, 0.15) is 0 Å². The minimum Gasteiger partial charge on any atom is -0.371 e. The third kappa shape index (κ3) is 5.12. The Labute approximate surface area is 175 Å². The summed E-state index contributed by atoms with van der Waals surface area (Å²) < 4.78 is 26.5. The number of hydrogen-bond acceptors (Lipinski definition) is 4. The van der Waals surface area contributed by atoms with Gasteiger partial charge in [0, 0.05) is 38.9 Å². The second-order valence-electron chi connectivity index (χ2n) is 8.61. The maximum absolute atomic E-state index is 13.2. The lowest BCUT2D eigenvalue weighted by Gasteiger charge is -2.32. The molecule has 6 nitrogen and oxygen atoms in total. The van der Waals surface area contributed by atoms with Crippen molar-refractivity contribution >= 4 is 21.6 Å². The number of amides is 1. The summed E-state index contributed by atoms with van der Waals surface area (Å²) in [5, 5.41) is 3.19. The van der Waals surface area contributed by atoms with E-state index in [9.17, 15) is 13.2 Å². The van der Waals surface area contributed by atoms with E-state index in [2.05, 4.69) is 17.1 Å². The zero-order valence-corrected chi connectivity index (χ0v) is 18.8. The summed E-state index contributed by atoms with van der Waals surface area (Å²) >= 11 is 0. The van der Waals surface area contributed by atoms with Gasteiger partial charge in [-0.25, -0.2) is 12.7 Å². The fourth-order valence-corrected chi connectivity index (χ4v) is 5.39. The highest BCUT2D eigenvalue weighted by atomic mass is 32.2. The molecule has 3 rings (SSSR count). The first kappa shape index (κ1) is 22.1. The normalized spacial score (nSPS) is 23.2. The zero-order valence-electron chi connectivity index (χ0n) is 18.0. The molecule has 1 heterocycles. The molecule has 1 aliphatic carbocycles. The SMILES string of the molecule is CCC1CCC(NC(=O)c2cc(S(=O)(=O)N(C)C)ccc2N2CCCCC2)CC1. The van der Waals surface area contributed by atoms with Crippen molar-refractivity contribution in [1.82, 2.24) is 9.62 Å². The average molecular weight is 422 g/mol. The van der Waals surface area contributed by atoms with Gasteiger partial charge < -0.3 is 10.2 Å². The molecule has 162 valence electrons. The first-order valence-electron chi connectivity index (χ1n) is 10.9. The molecule has 0 atom stereocenters. The Morgan fingerprint density at radius 1 is 1.10 bits per heavy atom. The van der Waals surface area contributed by atoms with Gasteiger partial charge >= 0.3 is 0 Å². The van der Waals surface area contributed by atoms with E-state index in [0.717, 1.165) is 63.2 Å². The summed E-state index contributed by atoms with van der Waals surface area (Å²) in [5.41, 5.74) is 1.33. The Morgan fingerprint density at radius 2 is 1.76 bits per heavy atom. The molecule has 1 saturated heterocycles. The Bertz CT molecular complexity index is 809. The quantitative estimate of drug-likeness (QED) is 0.762. The van der Waals surface area contributed by atoms with E-state index in [1.165, 1.54) is 31.2 Å². The molecule has 1 N–H and O–H groups in total. The standard InChI is InChI=1S/C22H35N3O3S/c1-4-17-8-10-18(11-9-17)23-22(26)20-16-19(29(27,28)24(2)3)12-13-21(20)25-14-6-5-7-15-25/h12-13,16-18H,4-11,14-15H2,1-3H3,(H,23,26). The number of carbonyl (C=O) groups is 1. The monoisotopic (exact) mass is 421 g/mol. The summed E-state index contributed by atoms with van der Waals surface area (Å²) in [6, 6.07) is 5.17. The van der Waals surface area contributed by atoms with Crippen LogP contribution in [0, 0.1) is 5.92 Å². The number of piperidine rings is 1. The van der Waals surface area contributed by atoms with Crippen molar-refractivity contribution in [3.8, 4) is 0 Å². The Hall–Kier alpha value is -1.60. The predicted molar refractivity (Wildman–Crippen MR) is 117 cm³/mol. The van der Waals surface area contributed by atoms with Gasteiger partial charge in [0.25, 0.3) is 5.91 Å². The van der Waals surface area contributed by atoms with E-state index >= 15 is 0 Å². The van der Waals surface area contributed by atoms with Gasteiger partial charge in [-0.2, -0.15) is 0 Å². The lowest BCUT2D eigenvalue weighted by atomic mass is 9.84. The Morgan fingerprint density at radius 3 is 2.34 bits per heavy atom. The topological polar surface area (TPSA) is 69.7 Å². The molecule has 2 fully saturated rings.